The molecule has 0 unspecified atom stereocenters. The summed E-state index contributed by atoms with van der Waals surface area (Å²) < 4.78 is 4.69. The second-order valence-corrected chi connectivity index (χ2v) is 13.8. The van der Waals surface area contributed by atoms with Gasteiger partial charge >= 0.3 is 0 Å². The van der Waals surface area contributed by atoms with E-state index in [1.54, 1.807) is 0 Å². The van der Waals surface area contributed by atoms with Crippen LogP contribution in [0, 0.1) is 0 Å². The zero-order valence-corrected chi connectivity index (χ0v) is 29.3. The molecule has 11 aromatic rings. The minimum atomic E-state index is 0.704. The molecule has 11 rings (SSSR count). The van der Waals surface area contributed by atoms with Crippen molar-refractivity contribution < 1.29 is 0 Å². The minimum absolute atomic E-state index is 0.704. The summed E-state index contributed by atoms with van der Waals surface area (Å²) in [6.45, 7) is 0. The van der Waals surface area contributed by atoms with E-state index in [0.29, 0.717) is 5.82 Å². The van der Waals surface area contributed by atoms with E-state index in [4.69, 9.17) is 9.97 Å². The Kier molecular flexibility index (Phi) is 6.82. The molecule has 4 nitrogen and oxygen atoms in total. The van der Waals surface area contributed by atoms with E-state index in [1.165, 1.54) is 38.2 Å². The average Bonchev–Trinajstić information content (AvgIpc) is 3.83. The highest BCUT2D eigenvalue weighted by Gasteiger charge is 2.20. The molecule has 0 N–H and O–H groups in total. The zero-order chi connectivity index (χ0) is 35.6. The maximum atomic E-state index is 5.34. The second-order valence-electron chi connectivity index (χ2n) is 13.8. The molecular formula is C50H32N4. The van der Waals surface area contributed by atoms with Crippen molar-refractivity contribution in [3.63, 3.8) is 0 Å². The lowest BCUT2D eigenvalue weighted by atomic mass is 9.96. The molecule has 0 radical (unpaired) electrons. The highest BCUT2D eigenvalue weighted by atomic mass is 15.0. The van der Waals surface area contributed by atoms with Crippen molar-refractivity contribution in [3.05, 3.63) is 194 Å². The Balaban J connectivity index is 1.12. The summed E-state index contributed by atoms with van der Waals surface area (Å²) in [5.74, 6) is 0.704. The quantitative estimate of drug-likeness (QED) is 0.180. The predicted octanol–water partition coefficient (Wildman–Crippen LogP) is 12.8. The van der Waals surface area contributed by atoms with Gasteiger partial charge in [-0.2, -0.15) is 0 Å². The van der Waals surface area contributed by atoms with Gasteiger partial charge in [0, 0.05) is 50.2 Å². The third-order valence-electron chi connectivity index (χ3n) is 10.7. The molecule has 0 saturated carbocycles. The van der Waals surface area contributed by atoms with Crippen molar-refractivity contribution in [1.82, 2.24) is 19.1 Å². The Bertz CT molecular complexity index is 3190. The molecule has 8 aromatic carbocycles. The Labute approximate surface area is 311 Å². The van der Waals surface area contributed by atoms with Crippen LogP contribution in [0.1, 0.15) is 0 Å². The monoisotopic (exact) mass is 688 g/mol. The highest BCUT2D eigenvalue weighted by molar-refractivity contribution is 6.21. The molecule has 0 amide bonds. The normalized spacial score (nSPS) is 11.7. The van der Waals surface area contributed by atoms with Crippen LogP contribution in [-0.4, -0.2) is 19.1 Å². The predicted molar refractivity (Wildman–Crippen MR) is 225 cm³/mol. The van der Waals surface area contributed by atoms with Gasteiger partial charge in [-0.25, -0.2) is 9.97 Å². The molecule has 0 aliphatic rings. The van der Waals surface area contributed by atoms with Crippen molar-refractivity contribution in [2.45, 2.75) is 0 Å². The van der Waals surface area contributed by atoms with Crippen molar-refractivity contribution in [1.29, 1.82) is 0 Å². The maximum Gasteiger partial charge on any atom is 0.160 e. The summed E-state index contributed by atoms with van der Waals surface area (Å²) >= 11 is 0. The fourth-order valence-electron chi connectivity index (χ4n) is 8.24. The van der Waals surface area contributed by atoms with Gasteiger partial charge in [-0.1, -0.05) is 127 Å². The largest absolute Gasteiger partial charge is 0.316 e. The van der Waals surface area contributed by atoms with E-state index in [2.05, 4.69) is 203 Å². The molecule has 0 aliphatic heterocycles. The second kappa shape index (κ2) is 12.1. The fourth-order valence-corrected chi connectivity index (χ4v) is 8.24. The number of nitrogens with zero attached hydrogens (tertiary/aromatic N) is 4. The molecule has 4 heteroatoms. The van der Waals surface area contributed by atoms with Crippen molar-refractivity contribution in [3.8, 4) is 45.1 Å². The number of para-hydroxylation sites is 3. The summed E-state index contributed by atoms with van der Waals surface area (Å²) in [4.78, 5) is 10.5. The number of aromatic nitrogens is 4. The van der Waals surface area contributed by atoms with Crippen LogP contribution >= 0.6 is 0 Å². The Morgan fingerprint density at radius 1 is 0.407 bits per heavy atom. The van der Waals surface area contributed by atoms with Crippen LogP contribution in [0.15, 0.2) is 194 Å². The van der Waals surface area contributed by atoms with Crippen LogP contribution in [0.5, 0.6) is 0 Å². The Morgan fingerprint density at radius 3 is 1.91 bits per heavy atom. The molecule has 252 valence electrons. The molecule has 0 atom stereocenters. The van der Waals surface area contributed by atoms with Crippen LogP contribution < -0.4 is 0 Å². The standard InChI is InChI=1S/C50H32N4/c1-3-14-38(15-4-1)53-31-30-36-26-29-46-47(49(36)53)43-32-37(27-28-45(43)54(46)39-16-5-2-6-17-39)50-51-44-21-10-9-19-42(44)48(52-50)35-24-22-34(23-25-35)41-20-11-13-33-12-7-8-18-40(33)41/h1-32H. The molecule has 54 heavy (non-hydrogen) atoms. The van der Waals surface area contributed by atoms with Gasteiger partial charge in [0.25, 0.3) is 0 Å². The lowest BCUT2D eigenvalue weighted by Crippen LogP contribution is -1.96. The van der Waals surface area contributed by atoms with E-state index >= 15 is 0 Å². The van der Waals surface area contributed by atoms with Gasteiger partial charge in [0.15, 0.2) is 5.82 Å². The lowest BCUT2D eigenvalue weighted by molar-refractivity contribution is 1.13. The Hall–Kier alpha value is -7.30. The molecule has 0 saturated heterocycles. The number of rotatable bonds is 5. The van der Waals surface area contributed by atoms with Crippen LogP contribution in [0.2, 0.25) is 0 Å². The fraction of sp³-hybridized carbons (Fsp3) is 0. The number of fused-ring (bicyclic) bond motifs is 7. The summed E-state index contributed by atoms with van der Waals surface area (Å²) in [5.41, 5.74) is 12.0. The average molecular weight is 689 g/mol. The van der Waals surface area contributed by atoms with Gasteiger partial charge in [-0.3, -0.25) is 0 Å². The van der Waals surface area contributed by atoms with Gasteiger partial charge in [0.1, 0.15) is 0 Å². The van der Waals surface area contributed by atoms with E-state index in [-0.39, 0.29) is 0 Å². The van der Waals surface area contributed by atoms with Crippen LogP contribution in [-0.2, 0) is 0 Å². The molecule has 0 aliphatic carbocycles. The first-order valence-corrected chi connectivity index (χ1v) is 18.3. The third-order valence-corrected chi connectivity index (χ3v) is 10.7. The summed E-state index contributed by atoms with van der Waals surface area (Å²) in [5, 5.41) is 7.07. The molecule has 3 aromatic heterocycles. The van der Waals surface area contributed by atoms with E-state index in [9.17, 15) is 0 Å². The van der Waals surface area contributed by atoms with E-state index in [1.807, 2.05) is 0 Å². The Morgan fingerprint density at radius 2 is 1.07 bits per heavy atom. The van der Waals surface area contributed by atoms with Crippen LogP contribution in [0.4, 0.5) is 0 Å². The van der Waals surface area contributed by atoms with Gasteiger partial charge < -0.3 is 9.13 Å². The maximum absolute atomic E-state index is 5.34. The molecule has 3 heterocycles. The zero-order valence-electron chi connectivity index (χ0n) is 29.3. The molecule has 0 bridgehead atoms. The minimum Gasteiger partial charge on any atom is -0.316 e. The number of hydrogen-bond acceptors (Lipinski definition) is 2. The SMILES string of the molecule is c1ccc(-n2ccc3ccc4c(c5cc(-c6nc(-c7ccc(-c8cccc9ccccc89)cc7)c7ccccc7n6)ccc5n4-c4ccccc4)c32)cc1. The van der Waals surface area contributed by atoms with Crippen molar-refractivity contribution in [2.24, 2.45) is 0 Å². The smallest absolute Gasteiger partial charge is 0.160 e. The third kappa shape index (κ3) is 4.78. The van der Waals surface area contributed by atoms with Gasteiger partial charge in [0.05, 0.1) is 27.8 Å². The van der Waals surface area contributed by atoms with Gasteiger partial charge in [-0.15, -0.1) is 0 Å². The topological polar surface area (TPSA) is 35.6 Å². The lowest BCUT2D eigenvalue weighted by Gasteiger charge is -2.11. The summed E-state index contributed by atoms with van der Waals surface area (Å²) in [6.07, 6.45) is 2.18. The summed E-state index contributed by atoms with van der Waals surface area (Å²) in [6, 6.07) is 66.8. The van der Waals surface area contributed by atoms with Crippen LogP contribution in [0.25, 0.3) is 99.5 Å². The molecular weight excluding hydrogens is 657 g/mol. The van der Waals surface area contributed by atoms with Gasteiger partial charge in [0.2, 0.25) is 0 Å². The van der Waals surface area contributed by atoms with Crippen molar-refractivity contribution in [2.75, 3.05) is 0 Å². The molecule has 0 fully saturated rings. The first-order valence-electron chi connectivity index (χ1n) is 18.3. The van der Waals surface area contributed by atoms with Crippen LogP contribution in [0.3, 0.4) is 0 Å². The number of hydrogen-bond donors (Lipinski definition) is 0. The first kappa shape index (κ1) is 30.3. The molecule has 0 spiro atoms. The van der Waals surface area contributed by atoms with E-state index < -0.39 is 0 Å². The van der Waals surface area contributed by atoms with Gasteiger partial charge in [-0.05, 0) is 82.6 Å². The number of benzene rings is 8. The summed E-state index contributed by atoms with van der Waals surface area (Å²) in [7, 11) is 0. The first-order chi connectivity index (χ1) is 26.8. The van der Waals surface area contributed by atoms with Crippen molar-refractivity contribution >= 4 is 54.4 Å². The highest BCUT2D eigenvalue weighted by Crippen LogP contribution is 2.40. The van der Waals surface area contributed by atoms with E-state index in [0.717, 1.165) is 55.5 Å².